The minimum atomic E-state index is 0.278. The summed E-state index contributed by atoms with van der Waals surface area (Å²) in [5, 5.41) is 7.92. The first kappa shape index (κ1) is 16.2. The highest BCUT2D eigenvalue weighted by Gasteiger charge is 2.21. The van der Waals surface area contributed by atoms with Crippen LogP contribution in [0.2, 0.25) is 0 Å². The number of nitrogens with zero attached hydrogens (tertiary/aromatic N) is 2. The number of nitrogens with one attached hydrogen (secondary N) is 1. The SMILES string of the molecule is CCCC(OCC)C(Cc1cc(CC)nn1C)NC. The molecule has 0 radical (unpaired) electrons. The Hall–Kier alpha value is -0.870. The normalized spacial score (nSPS) is 14.6. The zero-order valence-electron chi connectivity index (χ0n) is 13.1. The second kappa shape index (κ2) is 8.33. The summed E-state index contributed by atoms with van der Waals surface area (Å²) in [5.41, 5.74) is 2.44. The van der Waals surface area contributed by atoms with Gasteiger partial charge < -0.3 is 10.1 Å². The molecule has 110 valence electrons. The van der Waals surface area contributed by atoms with Crippen molar-refractivity contribution in [2.75, 3.05) is 13.7 Å². The van der Waals surface area contributed by atoms with E-state index in [1.165, 1.54) is 5.69 Å². The van der Waals surface area contributed by atoms with Crippen molar-refractivity contribution in [1.82, 2.24) is 15.1 Å². The molecule has 0 aliphatic carbocycles. The summed E-state index contributed by atoms with van der Waals surface area (Å²) in [6.45, 7) is 7.18. The Balaban J connectivity index is 2.75. The van der Waals surface area contributed by atoms with Crippen molar-refractivity contribution < 1.29 is 4.74 Å². The first-order valence-electron chi connectivity index (χ1n) is 7.46. The van der Waals surface area contributed by atoms with Crippen LogP contribution in [0, 0.1) is 0 Å². The number of rotatable bonds is 9. The third-order valence-electron chi connectivity index (χ3n) is 3.59. The van der Waals surface area contributed by atoms with Gasteiger partial charge in [0.2, 0.25) is 0 Å². The lowest BCUT2D eigenvalue weighted by Crippen LogP contribution is -2.41. The maximum Gasteiger partial charge on any atom is 0.0731 e. The maximum absolute atomic E-state index is 5.89. The van der Waals surface area contributed by atoms with Crippen LogP contribution in [-0.4, -0.2) is 35.6 Å². The molecule has 1 aromatic heterocycles. The molecule has 0 aromatic carbocycles. The van der Waals surface area contributed by atoms with Gasteiger partial charge in [-0.15, -0.1) is 0 Å². The molecule has 4 nitrogen and oxygen atoms in total. The fraction of sp³-hybridized carbons (Fsp3) is 0.800. The van der Waals surface area contributed by atoms with Crippen molar-refractivity contribution in [3.63, 3.8) is 0 Å². The second-order valence-electron chi connectivity index (χ2n) is 4.99. The molecular formula is C15H29N3O. The van der Waals surface area contributed by atoms with Crippen LogP contribution in [0.5, 0.6) is 0 Å². The molecule has 1 rings (SSSR count). The summed E-state index contributed by atoms with van der Waals surface area (Å²) in [6, 6.07) is 2.55. The lowest BCUT2D eigenvalue weighted by atomic mass is 10.0. The summed E-state index contributed by atoms with van der Waals surface area (Å²) < 4.78 is 7.89. The summed E-state index contributed by atoms with van der Waals surface area (Å²) in [5.74, 6) is 0. The molecule has 0 bridgehead atoms. The van der Waals surface area contributed by atoms with E-state index in [-0.39, 0.29) is 6.10 Å². The van der Waals surface area contributed by atoms with E-state index in [9.17, 15) is 0 Å². The van der Waals surface area contributed by atoms with Crippen LogP contribution in [0.1, 0.15) is 45.0 Å². The number of hydrogen-bond donors (Lipinski definition) is 1. The number of likely N-dealkylation sites (N-methyl/N-ethyl adjacent to an activating group) is 1. The molecule has 0 spiro atoms. The average molecular weight is 267 g/mol. The third-order valence-corrected chi connectivity index (χ3v) is 3.59. The standard InChI is InChI=1S/C15H29N3O/c1-6-9-15(19-8-3)14(16-4)11-13-10-12(7-2)17-18(13)5/h10,14-16H,6-9,11H2,1-5H3. The lowest BCUT2D eigenvalue weighted by Gasteiger charge is -2.26. The molecule has 0 saturated heterocycles. The van der Waals surface area contributed by atoms with Crippen molar-refractivity contribution in [3.05, 3.63) is 17.5 Å². The van der Waals surface area contributed by atoms with Crippen molar-refractivity contribution >= 4 is 0 Å². The van der Waals surface area contributed by atoms with Crippen LogP contribution >= 0.6 is 0 Å². The van der Waals surface area contributed by atoms with Gasteiger partial charge in [-0.1, -0.05) is 20.3 Å². The predicted molar refractivity (Wildman–Crippen MR) is 79.5 cm³/mol. The zero-order chi connectivity index (χ0) is 14.3. The Morgan fingerprint density at radius 2 is 2.11 bits per heavy atom. The number of hydrogen-bond acceptors (Lipinski definition) is 3. The van der Waals surface area contributed by atoms with Crippen LogP contribution in [0.3, 0.4) is 0 Å². The average Bonchev–Trinajstić information content (AvgIpc) is 2.76. The molecule has 1 aromatic rings. The Morgan fingerprint density at radius 3 is 2.58 bits per heavy atom. The van der Waals surface area contributed by atoms with Gasteiger partial charge in [-0.2, -0.15) is 5.10 Å². The molecule has 1 N–H and O–H groups in total. The van der Waals surface area contributed by atoms with E-state index in [2.05, 4.69) is 37.3 Å². The summed E-state index contributed by atoms with van der Waals surface area (Å²) in [7, 11) is 4.04. The molecule has 0 amide bonds. The highest BCUT2D eigenvalue weighted by molar-refractivity contribution is 5.12. The molecule has 0 saturated carbocycles. The first-order valence-corrected chi connectivity index (χ1v) is 7.46. The monoisotopic (exact) mass is 267 g/mol. The third kappa shape index (κ3) is 4.62. The van der Waals surface area contributed by atoms with Gasteiger partial charge >= 0.3 is 0 Å². The summed E-state index contributed by atoms with van der Waals surface area (Å²) in [4.78, 5) is 0. The largest absolute Gasteiger partial charge is 0.377 e. The number of ether oxygens (including phenoxy) is 1. The Kier molecular flexibility index (Phi) is 7.10. The second-order valence-corrected chi connectivity index (χ2v) is 4.99. The Bertz CT molecular complexity index is 356. The van der Waals surface area contributed by atoms with Crippen molar-refractivity contribution in [3.8, 4) is 0 Å². The molecule has 2 atom stereocenters. The van der Waals surface area contributed by atoms with Gasteiger partial charge in [0.15, 0.2) is 0 Å². The van der Waals surface area contributed by atoms with Crippen molar-refractivity contribution in [2.45, 2.75) is 58.6 Å². The van der Waals surface area contributed by atoms with E-state index in [0.717, 1.165) is 38.0 Å². The molecule has 2 unspecified atom stereocenters. The molecule has 0 fully saturated rings. The summed E-state index contributed by atoms with van der Waals surface area (Å²) in [6.07, 6.45) is 4.47. The van der Waals surface area contributed by atoms with Crippen LogP contribution in [-0.2, 0) is 24.6 Å². The van der Waals surface area contributed by atoms with E-state index in [0.29, 0.717) is 6.04 Å². The van der Waals surface area contributed by atoms with Crippen molar-refractivity contribution in [1.29, 1.82) is 0 Å². The van der Waals surface area contributed by atoms with Gasteiger partial charge in [0, 0.05) is 31.8 Å². The van der Waals surface area contributed by atoms with Crippen LogP contribution in [0.25, 0.3) is 0 Å². The van der Waals surface area contributed by atoms with E-state index in [1.807, 2.05) is 18.8 Å². The number of aryl methyl sites for hydroxylation is 2. The van der Waals surface area contributed by atoms with Gasteiger partial charge in [0.25, 0.3) is 0 Å². The maximum atomic E-state index is 5.89. The van der Waals surface area contributed by atoms with Crippen LogP contribution in [0.15, 0.2) is 6.07 Å². The quantitative estimate of drug-likeness (QED) is 0.746. The highest BCUT2D eigenvalue weighted by atomic mass is 16.5. The minimum Gasteiger partial charge on any atom is -0.377 e. The molecule has 1 heterocycles. The van der Waals surface area contributed by atoms with Gasteiger partial charge in [-0.05, 0) is 32.9 Å². The smallest absolute Gasteiger partial charge is 0.0731 e. The molecule has 0 aliphatic heterocycles. The molecular weight excluding hydrogens is 238 g/mol. The summed E-state index contributed by atoms with van der Waals surface area (Å²) >= 11 is 0. The van der Waals surface area contributed by atoms with Gasteiger partial charge in [0.1, 0.15) is 0 Å². The number of aromatic nitrogens is 2. The molecule has 0 aliphatic rings. The van der Waals surface area contributed by atoms with Gasteiger partial charge in [0.05, 0.1) is 11.8 Å². The topological polar surface area (TPSA) is 39.1 Å². The van der Waals surface area contributed by atoms with E-state index in [4.69, 9.17) is 4.74 Å². The van der Waals surface area contributed by atoms with E-state index < -0.39 is 0 Å². The Morgan fingerprint density at radius 1 is 1.37 bits per heavy atom. The minimum absolute atomic E-state index is 0.278. The fourth-order valence-corrected chi connectivity index (χ4v) is 2.48. The first-order chi connectivity index (χ1) is 9.15. The van der Waals surface area contributed by atoms with Gasteiger partial charge in [-0.25, -0.2) is 0 Å². The van der Waals surface area contributed by atoms with E-state index >= 15 is 0 Å². The lowest BCUT2D eigenvalue weighted by molar-refractivity contribution is 0.0296. The van der Waals surface area contributed by atoms with Crippen LogP contribution in [0.4, 0.5) is 0 Å². The van der Waals surface area contributed by atoms with Crippen molar-refractivity contribution in [2.24, 2.45) is 7.05 Å². The molecule has 4 heteroatoms. The molecule has 19 heavy (non-hydrogen) atoms. The van der Waals surface area contributed by atoms with Crippen LogP contribution < -0.4 is 5.32 Å². The highest BCUT2D eigenvalue weighted by Crippen LogP contribution is 2.14. The Labute approximate surface area is 117 Å². The zero-order valence-corrected chi connectivity index (χ0v) is 13.1. The predicted octanol–water partition coefficient (Wildman–Crippen LogP) is 2.32. The van der Waals surface area contributed by atoms with E-state index in [1.54, 1.807) is 0 Å². The fourth-order valence-electron chi connectivity index (χ4n) is 2.48. The van der Waals surface area contributed by atoms with Gasteiger partial charge in [-0.3, -0.25) is 4.68 Å².